The van der Waals surface area contributed by atoms with Crippen LogP contribution in [0, 0.1) is 12.8 Å². The molecule has 3 heterocycles. The number of amides is 2. The molecule has 5 nitrogen and oxygen atoms in total. The Morgan fingerprint density at radius 1 is 1.07 bits per heavy atom. The third kappa shape index (κ3) is 4.08. The molecule has 0 radical (unpaired) electrons. The molecule has 5 heteroatoms. The Labute approximate surface area is 166 Å². The third-order valence-corrected chi connectivity index (χ3v) is 5.91. The van der Waals surface area contributed by atoms with Crippen LogP contribution in [-0.2, 0) is 4.79 Å². The number of aromatic nitrogens is 1. The zero-order valence-corrected chi connectivity index (χ0v) is 16.4. The summed E-state index contributed by atoms with van der Waals surface area (Å²) in [7, 11) is 0. The molecule has 1 aromatic heterocycles. The highest BCUT2D eigenvalue weighted by Gasteiger charge is 2.28. The molecule has 146 valence electrons. The van der Waals surface area contributed by atoms with Gasteiger partial charge < -0.3 is 9.80 Å². The number of benzene rings is 1. The molecule has 2 fully saturated rings. The summed E-state index contributed by atoms with van der Waals surface area (Å²) in [5, 5.41) is 0. The van der Waals surface area contributed by atoms with E-state index in [0.29, 0.717) is 23.8 Å². The number of pyridine rings is 1. The Bertz CT molecular complexity index is 837. The molecule has 4 rings (SSSR count). The first-order chi connectivity index (χ1) is 13.6. The number of hydrogen-bond acceptors (Lipinski definition) is 3. The molecule has 0 aliphatic carbocycles. The monoisotopic (exact) mass is 377 g/mol. The smallest absolute Gasteiger partial charge is 0.255 e. The number of likely N-dealkylation sites (tertiary alicyclic amines) is 2. The molecule has 2 saturated heterocycles. The lowest BCUT2D eigenvalue weighted by Gasteiger charge is -2.34. The minimum atomic E-state index is 0.0543. The van der Waals surface area contributed by atoms with E-state index >= 15 is 0 Å². The van der Waals surface area contributed by atoms with E-state index in [0.717, 1.165) is 56.7 Å². The van der Waals surface area contributed by atoms with Crippen LogP contribution in [-0.4, -0.2) is 52.8 Å². The molecule has 0 spiro atoms. The highest BCUT2D eigenvalue weighted by molar-refractivity contribution is 5.94. The van der Waals surface area contributed by atoms with Crippen LogP contribution in [0.25, 0.3) is 11.3 Å². The maximum absolute atomic E-state index is 12.8. The zero-order chi connectivity index (χ0) is 19.5. The summed E-state index contributed by atoms with van der Waals surface area (Å²) in [4.78, 5) is 33.0. The SMILES string of the molecule is Cc1ccc(-c2ccc(C(=O)N3CCC(CN4CCCC4=O)CC3)cn2)cc1. The minimum absolute atomic E-state index is 0.0543. The number of carbonyl (C=O) groups excluding carboxylic acids is 2. The van der Waals surface area contributed by atoms with Crippen LogP contribution >= 0.6 is 0 Å². The van der Waals surface area contributed by atoms with Crippen molar-refractivity contribution < 1.29 is 9.59 Å². The number of carbonyl (C=O) groups is 2. The maximum Gasteiger partial charge on any atom is 0.255 e. The fourth-order valence-electron chi connectivity index (χ4n) is 4.13. The average Bonchev–Trinajstić information content (AvgIpc) is 3.13. The van der Waals surface area contributed by atoms with Gasteiger partial charge in [0.15, 0.2) is 0 Å². The van der Waals surface area contributed by atoms with Crippen molar-refractivity contribution in [3.05, 3.63) is 53.7 Å². The standard InChI is InChI=1S/C23H27N3O2/c1-17-4-6-19(7-5-17)21-9-8-20(15-24-21)23(28)25-13-10-18(11-14-25)16-26-12-2-3-22(26)27/h4-9,15,18H,2-3,10-14,16H2,1H3. The van der Waals surface area contributed by atoms with Crippen molar-refractivity contribution in [3.8, 4) is 11.3 Å². The van der Waals surface area contributed by atoms with Gasteiger partial charge in [-0.15, -0.1) is 0 Å². The average molecular weight is 377 g/mol. The van der Waals surface area contributed by atoms with E-state index in [4.69, 9.17) is 0 Å². The molecule has 0 atom stereocenters. The summed E-state index contributed by atoms with van der Waals surface area (Å²) in [6.07, 6.45) is 5.30. The van der Waals surface area contributed by atoms with Crippen LogP contribution in [0.2, 0.25) is 0 Å². The van der Waals surface area contributed by atoms with E-state index in [1.165, 1.54) is 5.56 Å². The van der Waals surface area contributed by atoms with Crippen molar-refractivity contribution in [2.45, 2.75) is 32.6 Å². The van der Waals surface area contributed by atoms with Gasteiger partial charge in [-0.25, -0.2) is 0 Å². The van der Waals surface area contributed by atoms with Crippen molar-refractivity contribution in [2.75, 3.05) is 26.2 Å². The molecule has 1 aromatic carbocycles. The second-order valence-corrected chi connectivity index (χ2v) is 7.98. The van der Waals surface area contributed by atoms with Crippen LogP contribution < -0.4 is 0 Å². The highest BCUT2D eigenvalue weighted by atomic mass is 16.2. The van der Waals surface area contributed by atoms with Gasteiger partial charge >= 0.3 is 0 Å². The van der Waals surface area contributed by atoms with Gasteiger partial charge in [0, 0.05) is 44.4 Å². The Morgan fingerprint density at radius 2 is 1.82 bits per heavy atom. The molecule has 0 saturated carbocycles. The second kappa shape index (κ2) is 8.13. The predicted molar refractivity (Wildman–Crippen MR) is 109 cm³/mol. The topological polar surface area (TPSA) is 53.5 Å². The summed E-state index contributed by atoms with van der Waals surface area (Å²) in [5.74, 6) is 0.852. The lowest BCUT2D eigenvalue weighted by Crippen LogP contribution is -2.41. The van der Waals surface area contributed by atoms with E-state index in [1.54, 1.807) is 6.20 Å². The molecular weight excluding hydrogens is 350 g/mol. The first kappa shape index (κ1) is 18.7. The second-order valence-electron chi connectivity index (χ2n) is 7.98. The predicted octanol–water partition coefficient (Wildman–Crippen LogP) is 3.53. The summed E-state index contributed by atoms with van der Waals surface area (Å²) < 4.78 is 0. The fraction of sp³-hybridized carbons (Fsp3) is 0.435. The number of hydrogen-bond donors (Lipinski definition) is 0. The molecule has 2 aliphatic heterocycles. The normalized spacial score (nSPS) is 18.0. The van der Waals surface area contributed by atoms with Crippen molar-refractivity contribution in [1.82, 2.24) is 14.8 Å². The molecule has 28 heavy (non-hydrogen) atoms. The minimum Gasteiger partial charge on any atom is -0.342 e. The molecule has 0 N–H and O–H groups in total. The van der Waals surface area contributed by atoms with Crippen molar-refractivity contribution >= 4 is 11.8 Å². The molecule has 2 aromatic rings. The molecule has 0 unspecified atom stereocenters. The first-order valence-corrected chi connectivity index (χ1v) is 10.2. The molecule has 0 bridgehead atoms. The van der Waals surface area contributed by atoms with Gasteiger partial charge in [0.1, 0.15) is 0 Å². The van der Waals surface area contributed by atoms with Gasteiger partial charge in [-0.05, 0) is 44.2 Å². The number of aryl methyl sites for hydroxylation is 1. The lowest BCUT2D eigenvalue weighted by atomic mass is 9.95. The Morgan fingerprint density at radius 3 is 2.43 bits per heavy atom. The van der Waals surface area contributed by atoms with Crippen LogP contribution in [0.5, 0.6) is 0 Å². The Hall–Kier alpha value is -2.69. The van der Waals surface area contributed by atoms with Crippen LogP contribution in [0.1, 0.15) is 41.6 Å². The maximum atomic E-state index is 12.8. The fourth-order valence-corrected chi connectivity index (χ4v) is 4.13. The molecular formula is C23H27N3O2. The van der Waals surface area contributed by atoms with E-state index < -0.39 is 0 Å². The summed E-state index contributed by atoms with van der Waals surface area (Å²) in [6.45, 7) is 5.33. The highest BCUT2D eigenvalue weighted by Crippen LogP contribution is 2.23. The molecule has 2 aliphatic rings. The van der Waals surface area contributed by atoms with Gasteiger partial charge in [0.25, 0.3) is 5.91 Å². The van der Waals surface area contributed by atoms with Gasteiger partial charge in [-0.2, -0.15) is 0 Å². The van der Waals surface area contributed by atoms with Crippen molar-refractivity contribution in [3.63, 3.8) is 0 Å². The van der Waals surface area contributed by atoms with E-state index in [9.17, 15) is 9.59 Å². The van der Waals surface area contributed by atoms with E-state index in [1.807, 2.05) is 21.9 Å². The van der Waals surface area contributed by atoms with Gasteiger partial charge in [0.05, 0.1) is 11.3 Å². The summed E-state index contributed by atoms with van der Waals surface area (Å²) >= 11 is 0. The first-order valence-electron chi connectivity index (χ1n) is 10.2. The van der Waals surface area contributed by atoms with Crippen LogP contribution in [0.15, 0.2) is 42.6 Å². The van der Waals surface area contributed by atoms with Gasteiger partial charge in [-0.1, -0.05) is 29.8 Å². The van der Waals surface area contributed by atoms with Crippen molar-refractivity contribution in [2.24, 2.45) is 5.92 Å². The van der Waals surface area contributed by atoms with Crippen LogP contribution in [0.3, 0.4) is 0 Å². The molecule has 2 amide bonds. The lowest BCUT2D eigenvalue weighted by molar-refractivity contribution is -0.128. The Kier molecular flexibility index (Phi) is 5.42. The summed E-state index contributed by atoms with van der Waals surface area (Å²) in [6, 6.07) is 12.0. The van der Waals surface area contributed by atoms with E-state index in [2.05, 4.69) is 36.2 Å². The number of rotatable bonds is 4. The van der Waals surface area contributed by atoms with Crippen molar-refractivity contribution in [1.29, 1.82) is 0 Å². The zero-order valence-electron chi connectivity index (χ0n) is 16.4. The number of nitrogens with zero attached hydrogens (tertiary/aromatic N) is 3. The van der Waals surface area contributed by atoms with E-state index in [-0.39, 0.29) is 5.91 Å². The quantitative estimate of drug-likeness (QED) is 0.819. The van der Waals surface area contributed by atoms with Gasteiger partial charge in [0.2, 0.25) is 5.91 Å². The Balaban J connectivity index is 1.33. The third-order valence-electron chi connectivity index (χ3n) is 5.91. The van der Waals surface area contributed by atoms with Gasteiger partial charge in [-0.3, -0.25) is 14.6 Å². The van der Waals surface area contributed by atoms with Crippen LogP contribution in [0.4, 0.5) is 0 Å². The largest absolute Gasteiger partial charge is 0.342 e. The number of piperidine rings is 1. The summed E-state index contributed by atoms with van der Waals surface area (Å²) in [5.41, 5.74) is 3.80.